The van der Waals surface area contributed by atoms with Crippen LogP contribution in [0.15, 0.2) is 36.4 Å². The smallest absolute Gasteiger partial charge is 0.316 e. The summed E-state index contributed by atoms with van der Waals surface area (Å²) in [7, 11) is 0. The highest BCUT2D eigenvalue weighted by molar-refractivity contribution is 6.22. The van der Waals surface area contributed by atoms with Crippen LogP contribution in [0.2, 0.25) is 0 Å². The fourth-order valence-corrected chi connectivity index (χ4v) is 5.67. The number of imide groups is 1. The van der Waals surface area contributed by atoms with Crippen LogP contribution in [-0.2, 0) is 19.2 Å². The van der Waals surface area contributed by atoms with E-state index >= 15 is 0 Å². The molecule has 0 spiro atoms. The third-order valence-electron chi connectivity index (χ3n) is 7.79. The first-order valence-corrected chi connectivity index (χ1v) is 12.3. The van der Waals surface area contributed by atoms with Crippen LogP contribution < -0.4 is 14.5 Å². The van der Waals surface area contributed by atoms with Gasteiger partial charge in [-0.05, 0) is 74.6 Å². The van der Waals surface area contributed by atoms with E-state index < -0.39 is 11.9 Å². The summed E-state index contributed by atoms with van der Waals surface area (Å²) in [6, 6.07) is 10.8. The Morgan fingerprint density at radius 3 is 2.23 bits per heavy atom. The van der Waals surface area contributed by atoms with Gasteiger partial charge < -0.3 is 9.64 Å². The molecule has 3 atom stereocenters. The molecule has 2 heterocycles. The summed E-state index contributed by atoms with van der Waals surface area (Å²) < 4.78 is 5.63. The van der Waals surface area contributed by atoms with E-state index in [9.17, 15) is 19.2 Å². The topological polar surface area (TPSA) is 84.0 Å². The number of aryl methyl sites for hydroxylation is 2. The molecule has 2 saturated heterocycles. The normalized spacial score (nSPS) is 24.2. The second-order valence-electron chi connectivity index (χ2n) is 10.0. The number of rotatable bonds is 4. The molecule has 0 N–H and O–H groups in total. The number of esters is 1. The van der Waals surface area contributed by atoms with Gasteiger partial charge in [-0.2, -0.15) is 0 Å². The standard InChI is InChI=1S/C28H30N2O5/c1-16-7-6-10-24(18(16)3)29-15-19(14-25(29)31)28(34)35-20-11-12-23(17(2)13-20)30-26(32)21-8-4-5-9-22(21)27(30)33/h6-7,10-13,19,21-22H,4-5,8-9,14-15H2,1-3H3/t19-,21-,22-/m1/s1. The average molecular weight is 475 g/mol. The average Bonchev–Trinajstić information content (AvgIpc) is 3.34. The van der Waals surface area contributed by atoms with Crippen LogP contribution >= 0.6 is 0 Å². The van der Waals surface area contributed by atoms with Gasteiger partial charge in [-0.15, -0.1) is 0 Å². The van der Waals surface area contributed by atoms with E-state index in [2.05, 4.69) is 0 Å². The van der Waals surface area contributed by atoms with Crippen molar-refractivity contribution in [1.82, 2.24) is 0 Å². The molecule has 2 aromatic rings. The molecule has 182 valence electrons. The molecule has 0 aromatic heterocycles. The molecule has 5 rings (SSSR count). The van der Waals surface area contributed by atoms with Crippen molar-refractivity contribution in [2.24, 2.45) is 17.8 Å². The third-order valence-corrected chi connectivity index (χ3v) is 7.79. The molecule has 3 aliphatic rings. The van der Waals surface area contributed by atoms with Gasteiger partial charge in [-0.1, -0.05) is 25.0 Å². The van der Waals surface area contributed by atoms with Crippen LogP contribution in [0, 0.1) is 38.5 Å². The minimum Gasteiger partial charge on any atom is -0.426 e. The van der Waals surface area contributed by atoms with Gasteiger partial charge >= 0.3 is 5.97 Å². The first-order chi connectivity index (χ1) is 16.8. The lowest BCUT2D eigenvalue weighted by Gasteiger charge is -2.20. The number of nitrogens with zero attached hydrogens (tertiary/aromatic N) is 2. The van der Waals surface area contributed by atoms with Crippen molar-refractivity contribution in [3.8, 4) is 5.75 Å². The Bertz CT molecular complexity index is 1210. The van der Waals surface area contributed by atoms with Crippen LogP contribution in [0.5, 0.6) is 5.75 Å². The molecule has 7 heteroatoms. The molecule has 0 radical (unpaired) electrons. The zero-order chi connectivity index (χ0) is 24.9. The molecular weight excluding hydrogens is 444 g/mol. The van der Waals surface area contributed by atoms with Gasteiger partial charge in [0.05, 0.1) is 23.4 Å². The Kier molecular flexibility index (Phi) is 5.95. The predicted molar refractivity (Wildman–Crippen MR) is 131 cm³/mol. The summed E-state index contributed by atoms with van der Waals surface area (Å²) >= 11 is 0. The number of amides is 3. The van der Waals surface area contributed by atoms with E-state index in [0.29, 0.717) is 17.0 Å². The summed E-state index contributed by atoms with van der Waals surface area (Å²) in [4.78, 5) is 54.4. The van der Waals surface area contributed by atoms with Gasteiger partial charge in [0.1, 0.15) is 5.75 Å². The molecule has 3 fully saturated rings. The van der Waals surface area contributed by atoms with Crippen LogP contribution in [0.3, 0.4) is 0 Å². The van der Waals surface area contributed by atoms with Crippen LogP contribution in [0.25, 0.3) is 0 Å². The number of carbonyl (C=O) groups is 4. The molecule has 7 nitrogen and oxygen atoms in total. The Morgan fingerprint density at radius 2 is 1.57 bits per heavy atom. The van der Waals surface area contributed by atoms with Crippen LogP contribution in [0.1, 0.15) is 48.8 Å². The highest BCUT2D eigenvalue weighted by Gasteiger charge is 2.49. The van der Waals surface area contributed by atoms with E-state index in [4.69, 9.17) is 4.74 Å². The summed E-state index contributed by atoms with van der Waals surface area (Å²) in [6.07, 6.45) is 3.58. The van der Waals surface area contributed by atoms with Gasteiger partial charge in [0.2, 0.25) is 17.7 Å². The number of fused-ring (bicyclic) bond motifs is 1. The maximum Gasteiger partial charge on any atom is 0.316 e. The molecule has 2 aromatic carbocycles. The van der Waals surface area contributed by atoms with Crippen molar-refractivity contribution in [3.63, 3.8) is 0 Å². The monoisotopic (exact) mass is 474 g/mol. The SMILES string of the molecule is Cc1cc(OC(=O)[C@@H]2CC(=O)N(c3cccc(C)c3C)C2)ccc1N1C(=O)[C@@H]2CCCC[C@H]2C1=O. The molecule has 0 bridgehead atoms. The van der Waals surface area contributed by atoms with Crippen molar-refractivity contribution >= 4 is 35.1 Å². The minimum absolute atomic E-state index is 0.0975. The Hall–Kier alpha value is -3.48. The molecular formula is C28H30N2O5. The number of anilines is 2. The van der Waals surface area contributed by atoms with Crippen molar-refractivity contribution < 1.29 is 23.9 Å². The highest BCUT2D eigenvalue weighted by atomic mass is 16.5. The second-order valence-corrected chi connectivity index (χ2v) is 10.0. The maximum absolute atomic E-state index is 12.9. The summed E-state index contributed by atoms with van der Waals surface area (Å²) in [5.74, 6) is -1.46. The van der Waals surface area contributed by atoms with Gasteiger partial charge in [0, 0.05) is 18.7 Å². The summed E-state index contributed by atoms with van der Waals surface area (Å²) in [6.45, 7) is 6.04. The van der Waals surface area contributed by atoms with Crippen LogP contribution in [-0.4, -0.2) is 30.2 Å². The largest absolute Gasteiger partial charge is 0.426 e. The van der Waals surface area contributed by atoms with Gasteiger partial charge in [0.15, 0.2) is 0 Å². The molecule has 1 saturated carbocycles. The molecule has 0 unspecified atom stereocenters. The number of hydrogen-bond acceptors (Lipinski definition) is 5. The van der Waals surface area contributed by atoms with Crippen molar-refractivity contribution in [2.75, 3.05) is 16.3 Å². The highest BCUT2D eigenvalue weighted by Crippen LogP contribution is 2.41. The van der Waals surface area contributed by atoms with Gasteiger partial charge in [0.25, 0.3) is 0 Å². The van der Waals surface area contributed by atoms with E-state index in [0.717, 1.165) is 42.5 Å². The first kappa shape index (κ1) is 23.3. The van der Waals surface area contributed by atoms with E-state index in [1.54, 1.807) is 30.0 Å². The fraction of sp³-hybridized carbons (Fsp3) is 0.429. The van der Waals surface area contributed by atoms with E-state index in [-0.39, 0.29) is 42.5 Å². The lowest BCUT2D eigenvalue weighted by Crippen LogP contribution is -2.31. The minimum atomic E-state index is -0.563. The molecule has 35 heavy (non-hydrogen) atoms. The van der Waals surface area contributed by atoms with Gasteiger partial charge in [-0.3, -0.25) is 19.2 Å². The Balaban J connectivity index is 1.29. The summed E-state index contributed by atoms with van der Waals surface area (Å²) in [5.41, 5.74) is 4.17. The number of hydrogen-bond donors (Lipinski definition) is 0. The zero-order valence-corrected chi connectivity index (χ0v) is 20.4. The number of ether oxygens (including phenoxy) is 1. The van der Waals surface area contributed by atoms with Gasteiger partial charge in [-0.25, -0.2) is 4.90 Å². The fourth-order valence-electron chi connectivity index (χ4n) is 5.67. The molecule has 2 aliphatic heterocycles. The molecule has 1 aliphatic carbocycles. The van der Waals surface area contributed by atoms with Crippen molar-refractivity contribution in [3.05, 3.63) is 53.1 Å². The maximum atomic E-state index is 12.9. The first-order valence-electron chi connectivity index (χ1n) is 12.3. The van der Waals surface area contributed by atoms with E-state index in [1.807, 2.05) is 32.0 Å². The van der Waals surface area contributed by atoms with Crippen molar-refractivity contribution in [2.45, 2.75) is 52.9 Å². The number of benzene rings is 2. The zero-order valence-electron chi connectivity index (χ0n) is 20.4. The Labute approximate surface area is 205 Å². The van der Waals surface area contributed by atoms with E-state index in [1.165, 1.54) is 4.90 Å². The second kappa shape index (κ2) is 8.95. The third kappa shape index (κ3) is 4.03. The Morgan fingerprint density at radius 1 is 0.886 bits per heavy atom. The summed E-state index contributed by atoms with van der Waals surface area (Å²) in [5, 5.41) is 0. The molecule has 3 amide bonds. The lowest BCUT2D eigenvalue weighted by molar-refractivity contribution is -0.139. The predicted octanol–water partition coefficient (Wildman–Crippen LogP) is 4.25. The van der Waals surface area contributed by atoms with Crippen LogP contribution in [0.4, 0.5) is 11.4 Å². The van der Waals surface area contributed by atoms with Crippen molar-refractivity contribution in [1.29, 1.82) is 0 Å². The quantitative estimate of drug-likeness (QED) is 0.376. The lowest BCUT2D eigenvalue weighted by atomic mass is 9.81. The number of carbonyl (C=O) groups excluding carboxylic acids is 4.